The van der Waals surface area contributed by atoms with Crippen LogP contribution in [0.5, 0.6) is 5.75 Å². The molecule has 23 heavy (non-hydrogen) atoms. The number of halogens is 1. The smallest absolute Gasteiger partial charge is 0.261 e. The van der Waals surface area contributed by atoms with Crippen LogP contribution in [0.1, 0.15) is 36.6 Å². The maximum atomic E-state index is 12.9. The van der Waals surface area contributed by atoms with Crippen molar-refractivity contribution in [3.05, 3.63) is 65.0 Å². The van der Waals surface area contributed by atoms with Gasteiger partial charge in [0, 0.05) is 0 Å². The highest BCUT2D eigenvalue weighted by molar-refractivity contribution is 5.81. The Bertz CT molecular complexity index is 682. The first-order valence-corrected chi connectivity index (χ1v) is 7.66. The lowest BCUT2D eigenvalue weighted by molar-refractivity contribution is -0.127. The molecule has 0 aliphatic carbocycles. The molecule has 0 spiro atoms. The van der Waals surface area contributed by atoms with Crippen molar-refractivity contribution in [2.24, 2.45) is 0 Å². The van der Waals surface area contributed by atoms with Gasteiger partial charge >= 0.3 is 0 Å². The number of benzene rings is 2. The fourth-order valence-corrected chi connectivity index (χ4v) is 2.49. The van der Waals surface area contributed by atoms with Crippen molar-refractivity contribution in [1.82, 2.24) is 5.32 Å². The molecular formula is C19H22FNO2. The summed E-state index contributed by atoms with van der Waals surface area (Å²) in [5.41, 5.74) is 3.42. The number of hydrogen-bond acceptors (Lipinski definition) is 2. The molecule has 0 fully saturated rings. The molecule has 2 atom stereocenters. The molecule has 1 N–H and O–H groups in total. The maximum absolute atomic E-state index is 12.9. The van der Waals surface area contributed by atoms with Gasteiger partial charge in [-0.2, -0.15) is 0 Å². The molecule has 2 rings (SSSR count). The predicted octanol–water partition coefficient (Wildman–Crippen LogP) is 4.09. The quantitative estimate of drug-likeness (QED) is 0.902. The number of carbonyl (C=O) groups is 1. The lowest BCUT2D eigenvalue weighted by Crippen LogP contribution is -2.38. The van der Waals surface area contributed by atoms with Gasteiger partial charge in [0.25, 0.3) is 5.91 Å². The van der Waals surface area contributed by atoms with Crippen LogP contribution in [-0.4, -0.2) is 12.0 Å². The second-order valence-electron chi connectivity index (χ2n) is 5.80. The largest absolute Gasteiger partial charge is 0.481 e. The van der Waals surface area contributed by atoms with Crippen molar-refractivity contribution >= 4 is 5.91 Å². The fourth-order valence-electron chi connectivity index (χ4n) is 2.49. The summed E-state index contributed by atoms with van der Waals surface area (Å²) in [6.45, 7) is 7.69. The van der Waals surface area contributed by atoms with Crippen molar-refractivity contribution in [1.29, 1.82) is 0 Å². The Morgan fingerprint density at radius 1 is 1.09 bits per heavy atom. The van der Waals surface area contributed by atoms with Gasteiger partial charge in [0.1, 0.15) is 11.6 Å². The van der Waals surface area contributed by atoms with E-state index in [1.165, 1.54) is 29.8 Å². The zero-order valence-electron chi connectivity index (χ0n) is 13.9. The lowest BCUT2D eigenvalue weighted by Gasteiger charge is -2.20. The van der Waals surface area contributed by atoms with E-state index in [0.29, 0.717) is 5.75 Å². The molecule has 0 radical (unpaired) electrons. The van der Waals surface area contributed by atoms with E-state index in [-0.39, 0.29) is 17.8 Å². The van der Waals surface area contributed by atoms with Crippen LogP contribution in [0.2, 0.25) is 0 Å². The first-order chi connectivity index (χ1) is 10.9. The number of rotatable bonds is 5. The summed E-state index contributed by atoms with van der Waals surface area (Å²) in [7, 11) is 0. The number of nitrogens with one attached hydrogen (secondary N) is 1. The van der Waals surface area contributed by atoms with E-state index in [2.05, 4.69) is 11.4 Å². The van der Waals surface area contributed by atoms with Crippen molar-refractivity contribution in [3.8, 4) is 5.75 Å². The molecule has 0 aromatic heterocycles. The molecule has 2 aromatic carbocycles. The summed E-state index contributed by atoms with van der Waals surface area (Å²) in [5.74, 6) is -0.0760. The van der Waals surface area contributed by atoms with Crippen LogP contribution in [0.3, 0.4) is 0 Å². The zero-order valence-corrected chi connectivity index (χ0v) is 13.9. The summed E-state index contributed by atoms with van der Waals surface area (Å²) in [5, 5.41) is 2.95. The van der Waals surface area contributed by atoms with Crippen molar-refractivity contribution in [2.75, 3.05) is 0 Å². The highest BCUT2D eigenvalue weighted by Crippen LogP contribution is 2.19. The predicted molar refractivity (Wildman–Crippen MR) is 89.0 cm³/mol. The van der Waals surface area contributed by atoms with Gasteiger partial charge in [-0.3, -0.25) is 4.79 Å². The third-order valence-electron chi connectivity index (χ3n) is 3.75. The minimum Gasteiger partial charge on any atom is -0.481 e. The summed E-state index contributed by atoms with van der Waals surface area (Å²) in [6.07, 6.45) is -0.659. The van der Waals surface area contributed by atoms with E-state index in [0.717, 1.165) is 11.1 Å². The second kappa shape index (κ2) is 7.27. The molecule has 122 valence electrons. The molecule has 0 saturated heterocycles. The third-order valence-corrected chi connectivity index (χ3v) is 3.75. The average molecular weight is 315 g/mol. The van der Waals surface area contributed by atoms with Gasteiger partial charge < -0.3 is 10.1 Å². The Morgan fingerprint density at radius 3 is 2.35 bits per heavy atom. The standard InChI is InChI=1S/C19H22FNO2/c1-12-5-10-18(13(2)11-12)14(3)21-19(22)15(4)23-17-8-6-16(20)7-9-17/h5-11,14-15H,1-4H3,(H,21,22)/t14-,15+/m1/s1. The van der Waals surface area contributed by atoms with E-state index in [4.69, 9.17) is 4.74 Å². The lowest BCUT2D eigenvalue weighted by atomic mass is 10.0. The highest BCUT2D eigenvalue weighted by Gasteiger charge is 2.18. The first-order valence-electron chi connectivity index (χ1n) is 7.66. The van der Waals surface area contributed by atoms with Crippen LogP contribution in [0, 0.1) is 19.7 Å². The van der Waals surface area contributed by atoms with Crippen LogP contribution in [0.25, 0.3) is 0 Å². The average Bonchev–Trinajstić information content (AvgIpc) is 2.49. The number of amides is 1. The Morgan fingerprint density at radius 2 is 1.74 bits per heavy atom. The number of aryl methyl sites for hydroxylation is 2. The van der Waals surface area contributed by atoms with Gasteiger partial charge in [0.05, 0.1) is 6.04 Å². The Hall–Kier alpha value is -2.36. The normalized spacial score (nSPS) is 13.3. The molecule has 2 aromatic rings. The summed E-state index contributed by atoms with van der Waals surface area (Å²) in [4.78, 5) is 12.3. The molecular weight excluding hydrogens is 293 g/mol. The molecule has 4 heteroatoms. The molecule has 3 nitrogen and oxygen atoms in total. The van der Waals surface area contributed by atoms with Gasteiger partial charge in [-0.15, -0.1) is 0 Å². The van der Waals surface area contributed by atoms with E-state index in [1.807, 2.05) is 32.9 Å². The fraction of sp³-hybridized carbons (Fsp3) is 0.316. The summed E-state index contributed by atoms with van der Waals surface area (Å²) < 4.78 is 18.4. The van der Waals surface area contributed by atoms with Crippen molar-refractivity contribution in [2.45, 2.75) is 39.8 Å². The van der Waals surface area contributed by atoms with Gasteiger partial charge in [0.15, 0.2) is 6.10 Å². The summed E-state index contributed by atoms with van der Waals surface area (Å²) >= 11 is 0. The van der Waals surface area contributed by atoms with Gasteiger partial charge in [-0.1, -0.05) is 23.8 Å². The molecule has 0 aliphatic heterocycles. The van der Waals surface area contributed by atoms with E-state index in [9.17, 15) is 9.18 Å². The highest BCUT2D eigenvalue weighted by atomic mass is 19.1. The topological polar surface area (TPSA) is 38.3 Å². The number of ether oxygens (including phenoxy) is 1. The minimum absolute atomic E-state index is 0.109. The Labute approximate surface area is 136 Å². The molecule has 0 saturated carbocycles. The number of carbonyl (C=O) groups excluding carboxylic acids is 1. The molecule has 0 unspecified atom stereocenters. The number of hydrogen-bond donors (Lipinski definition) is 1. The minimum atomic E-state index is -0.659. The van der Waals surface area contributed by atoms with Gasteiger partial charge in [-0.05, 0) is 63.1 Å². The second-order valence-corrected chi connectivity index (χ2v) is 5.80. The van der Waals surface area contributed by atoms with E-state index >= 15 is 0 Å². The SMILES string of the molecule is Cc1ccc([C@@H](C)NC(=O)[C@H](C)Oc2ccc(F)cc2)c(C)c1. The monoisotopic (exact) mass is 315 g/mol. The third kappa shape index (κ3) is 4.55. The van der Waals surface area contributed by atoms with Crippen molar-refractivity contribution < 1.29 is 13.9 Å². The van der Waals surface area contributed by atoms with Crippen LogP contribution in [0.4, 0.5) is 4.39 Å². The van der Waals surface area contributed by atoms with E-state index in [1.54, 1.807) is 6.92 Å². The van der Waals surface area contributed by atoms with Crippen LogP contribution < -0.4 is 10.1 Å². The molecule has 0 heterocycles. The molecule has 0 bridgehead atoms. The van der Waals surface area contributed by atoms with Gasteiger partial charge in [0.2, 0.25) is 0 Å². The van der Waals surface area contributed by atoms with E-state index < -0.39 is 6.10 Å². The first kappa shape index (κ1) is 17.0. The Balaban J connectivity index is 1.98. The zero-order chi connectivity index (χ0) is 17.0. The maximum Gasteiger partial charge on any atom is 0.261 e. The van der Waals surface area contributed by atoms with Crippen LogP contribution in [0.15, 0.2) is 42.5 Å². The van der Waals surface area contributed by atoms with Crippen molar-refractivity contribution in [3.63, 3.8) is 0 Å². The Kier molecular flexibility index (Phi) is 5.37. The summed E-state index contributed by atoms with van der Waals surface area (Å²) in [6, 6.07) is 11.7. The van der Waals surface area contributed by atoms with Gasteiger partial charge in [-0.25, -0.2) is 4.39 Å². The molecule has 0 aliphatic rings. The molecule has 1 amide bonds. The van der Waals surface area contributed by atoms with Crippen LogP contribution >= 0.6 is 0 Å². The van der Waals surface area contributed by atoms with Crippen LogP contribution in [-0.2, 0) is 4.79 Å².